The van der Waals surface area contributed by atoms with Crippen molar-refractivity contribution < 1.29 is 9.90 Å². The molecule has 0 radical (unpaired) electrons. The number of rotatable bonds is 3. The van der Waals surface area contributed by atoms with E-state index >= 15 is 0 Å². The molecule has 3 heteroatoms. The number of carboxylic acids is 1. The van der Waals surface area contributed by atoms with Crippen molar-refractivity contribution in [2.45, 2.75) is 44.6 Å². The number of aliphatic carboxylic acids is 1. The quantitative estimate of drug-likeness (QED) is 0.674. The van der Waals surface area contributed by atoms with E-state index in [0.29, 0.717) is 0 Å². The zero-order valence-corrected chi connectivity index (χ0v) is 7.60. The topological polar surface area (TPSA) is 49.3 Å². The number of carboxylic acid groups (broad SMARTS) is 1. The van der Waals surface area contributed by atoms with Crippen LogP contribution in [0.2, 0.25) is 0 Å². The Morgan fingerprint density at radius 2 is 2.33 bits per heavy atom. The monoisotopic (exact) mass is 171 g/mol. The minimum absolute atomic E-state index is 0.604. The van der Waals surface area contributed by atoms with Crippen LogP contribution in [-0.4, -0.2) is 23.2 Å². The molecule has 1 aliphatic rings. The Morgan fingerprint density at radius 3 is 2.75 bits per heavy atom. The van der Waals surface area contributed by atoms with Gasteiger partial charge in [0.2, 0.25) is 0 Å². The van der Waals surface area contributed by atoms with Gasteiger partial charge in [0, 0.05) is 0 Å². The molecule has 0 bridgehead atoms. The molecule has 1 atom stereocenters. The van der Waals surface area contributed by atoms with Gasteiger partial charge in [-0.05, 0) is 32.2 Å². The average molecular weight is 171 g/mol. The highest BCUT2D eigenvalue weighted by molar-refractivity contribution is 5.78. The summed E-state index contributed by atoms with van der Waals surface area (Å²) in [6, 6.07) is 0. The van der Waals surface area contributed by atoms with Crippen molar-refractivity contribution >= 4 is 5.97 Å². The van der Waals surface area contributed by atoms with Crippen molar-refractivity contribution in [2.24, 2.45) is 0 Å². The van der Waals surface area contributed by atoms with Crippen LogP contribution in [0.15, 0.2) is 0 Å². The Hall–Kier alpha value is -0.570. The van der Waals surface area contributed by atoms with Crippen molar-refractivity contribution in [3.63, 3.8) is 0 Å². The lowest BCUT2D eigenvalue weighted by Crippen LogP contribution is -2.54. The van der Waals surface area contributed by atoms with Crippen LogP contribution in [0, 0.1) is 0 Å². The number of hydrogen-bond acceptors (Lipinski definition) is 2. The van der Waals surface area contributed by atoms with E-state index in [0.717, 1.165) is 38.6 Å². The van der Waals surface area contributed by atoms with Crippen LogP contribution in [-0.2, 0) is 4.79 Å². The first-order chi connectivity index (χ1) is 5.71. The van der Waals surface area contributed by atoms with Gasteiger partial charge < -0.3 is 10.4 Å². The van der Waals surface area contributed by atoms with E-state index in [9.17, 15) is 4.79 Å². The fourth-order valence-corrected chi connectivity index (χ4v) is 1.90. The molecular weight excluding hydrogens is 154 g/mol. The maximum atomic E-state index is 11.0. The van der Waals surface area contributed by atoms with E-state index in [1.165, 1.54) is 0 Å². The van der Waals surface area contributed by atoms with Gasteiger partial charge in [-0.3, -0.25) is 4.79 Å². The zero-order chi connectivity index (χ0) is 9.03. The van der Waals surface area contributed by atoms with Crippen LogP contribution < -0.4 is 5.32 Å². The highest BCUT2D eigenvalue weighted by Gasteiger charge is 2.38. The van der Waals surface area contributed by atoms with Crippen LogP contribution in [0.25, 0.3) is 0 Å². The summed E-state index contributed by atoms with van der Waals surface area (Å²) in [7, 11) is 0. The van der Waals surface area contributed by atoms with Gasteiger partial charge in [0.15, 0.2) is 0 Å². The third kappa shape index (κ3) is 1.78. The summed E-state index contributed by atoms with van der Waals surface area (Å²) in [6.07, 6.45) is 4.62. The van der Waals surface area contributed by atoms with E-state index in [-0.39, 0.29) is 0 Å². The summed E-state index contributed by atoms with van der Waals surface area (Å²) in [5, 5.41) is 12.2. The van der Waals surface area contributed by atoms with E-state index in [1.54, 1.807) is 0 Å². The molecule has 0 amide bonds. The molecule has 3 nitrogen and oxygen atoms in total. The van der Waals surface area contributed by atoms with Gasteiger partial charge in [0.25, 0.3) is 0 Å². The maximum absolute atomic E-state index is 11.0. The molecule has 0 aromatic rings. The molecule has 0 unspecified atom stereocenters. The second-order valence-corrected chi connectivity index (χ2v) is 3.52. The number of hydrogen-bond donors (Lipinski definition) is 2. The Kier molecular flexibility index (Phi) is 3.09. The highest BCUT2D eigenvalue weighted by Crippen LogP contribution is 2.24. The van der Waals surface area contributed by atoms with Gasteiger partial charge in [-0.2, -0.15) is 0 Å². The summed E-state index contributed by atoms with van der Waals surface area (Å²) in [6.45, 7) is 2.88. The van der Waals surface area contributed by atoms with Crippen LogP contribution in [0.1, 0.15) is 39.0 Å². The van der Waals surface area contributed by atoms with E-state index < -0.39 is 11.5 Å². The molecule has 2 N–H and O–H groups in total. The smallest absolute Gasteiger partial charge is 0.323 e. The molecule has 0 saturated carbocycles. The van der Waals surface area contributed by atoms with Crippen molar-refractivity contribution in [3.05, 3.63) is 0 Å². The Balaban J connectivity index is 2.63. The minimum atomic E-state index is -0.677. The number of nitrogens with one attached hydrogen (secondary N) is 1. The Morgan fingerprint density at radius 1 is 1.58 bits per heavy atom. The minimum Gasteiger partial charge on any atom is -0.480 e. The number of piperidine rings is 1. The highest BCUT2D eigenvalue weighted by atomic mass is 16.4. The van der Waals surface area contributed by atoms with Crippen molar-refractivity contribution in [1.29, 1.82) is 0 Å². The van der Waals surface area contributed by atoms with Crippen LogP contribution >= 0.6 is 0 Å². The molecule has 0 aliphatic carbocycles. The van der Waals surface area contributed by atoms with Gasteiger partial charge in [-0.1, -0.05) is 13.3 Å². The second-order valence-electron chi connectivity index (χ2n) is 3.52. The fourth-order valence-electron chi connectivity index (χ4n) is 1.90. The molecule has 1 heterocycles. The molecule has 1 aliphatic heterocycles. The number of carbonyl (C=O) groups is 1. The van der Waals surface area contributed by atoms with Crippen LogP contribution in [0.5, 0.6) is 0 Å². The van der Waals surface area contributed by atoms with Crippen molar-refractivity contribution in [3.8, 4) is 0 Å². The molecule has 0 aromatic carbocycles. The van der Waals surface area contributed by atoms with Gasteiger partial charge in [-0.25, -0.2) is 0 Å². The lowest BCUT2D eigenvalue weighted by Gasteiger charge is -2.34. The first-order valence-corrected chi connectivity index (χ1v) is 4.70. The normalized spacial score (nSPS) is 30.1. The maximum Gasteiger partial charge on any atom is 0.323 e. The third-order valence-electron chi connectivity index (χ3n) is 2.58. The average Bonchev–Trinajstić information content (AvgIpc) is 2.06. The largest absolute Gasteiger partial charge is 0.480 e. The van der Waals surface area contributed by atoms with Gasteiger partial charge in [-0.15, -0.1) is 0 Å². The zero-order valence-electron chi connectivity index (χ0n) is 7.60. The van der Waals surface area contributed by atoms with E-state index in [4.69, 9.17) is 5.11 Å². The van der Waals surface area contributed by atoms with Crippen LogP contribution in [0.4, 0.5) is 0 Å². The Bertz CT molecular complexity index is 156. The van der Waals surface area contributed by atoms with Gasteiger partial charge >= 0.3 is 5.97 Å². The van der Waals surface area contributed by atoms with Gasteiger partial charge in [0.1, 0.15) is 5.54 Å². The summed E-state index contributed by atoms with van der Waals surface area (Å²) in [5.41, 5.74) is -0.604. The summed E-state index contributed by atoms with van der Waals surface area (Å²) in [4.78, 5) is 11.0. The summed E-state index contributed by atoms with van der Waals surface area (Å²) in [5.74, 6) is -0.677. The van der Waals surface area contributed by atoms with Crippen molar-refractivity contribution in [2.75, 3.05) is 6.54 Å². The standard InChI is InChI=1S/C9H17NO2/c1-2-5-9(8(11)12)6-3-4-7-10-9/h10H,2-7H2,1H3,(H,11,12)/t9-/m0/s1. The molecule has 0 aromatic heterocycles. The molecule has 70 valence electrons. The first kappa shape index (κ1) is 9.52. The molecule has 1 rings (SSSR count). The lowest BCUT2D eigenvalue weighted by molar-refractivity contribution is -0.146. The van der Waals surface area contributed by atoms with E-state index in [1.807, 2.05) is 6.92 Å². The Labute approximate surface area is 73.2 Å². The van der Waals surface area contributed by atoms with Crippen molar-refractivity contribution in [1.82, 2.24) is 5.32 Å². The molecule has 1 saturated heterocycles. The van der Waals surface area contributed by atoms with E-state index in [2.05, 4.69) is 5.32 Å². The SMILES string of the molecule is CCC[C@@]1(C(=O)O)CCCCN1. The van der Waals surface area contributed by atoms with Gasteiger partial charge in [0.05, 0.1) is 0 Å². The van der Waals surface area contributed by atoms with Crippen LogP contribution in [0.3, 0.4) is 0 Å². The lowest BCUT2D eigenvalue weighted by atomic mass is 9.85. The molecular formula is C9H17NO2. The molecule has 0 spiro atoms. The molecule has 1 fully saturated rings. The first-order valence-electron chi connectivity index (χ1n) is 4.70. The third-order valence-corrected chi connectivity index (χ3v) is 2.58. The fraction of sp³-hybridized carbons (Fsp3) is 0.889. The summed E-state index contributed by atoms with van der Waals surface area (Å²) >= 11 is 0. The summed E-state index contributed by atoms with van der Waals surface area (Å²) < 4.78 is 0. The molecule has 12 heavy (non-hydrogen) atoms. The second kappa shape index (κ2) is 3.90. The predicted molar refractivity (Wildman–Crippen MR) is 47.1 cm³/mol. The predicted octanol–water partition coefficient (Wildman–Crippen LogP) is 1.38.